The van der Waals surface area contributed by atoms with Crippen LogP contribution in [0, 0.1) is 0 Å². The van der Waals surface area contributed by atoms with E-state index in [2.05, 4.69) is 17.0 Å². The van der Waals surface area contributed by atoms with Crippen molar-refractivity contribution in [2.45, 2.75) is 19.4 Å². The summed E-state index contributed by atoms with van der Waals surface area (Å²) in [5, 5.41) is -0.247. The molecular weight excluding hydrogens is 210 g/mol. The van der Waals surface area contributed by atoms with Gasteiger partial charge in [0, 0.05) is 13.0 Å². The van der Waals surface area contributed by atoms with Gasteiger partial charge in [0.2, 0.25) is 5.24 Å². The molecule has 82 valence electrons. The zero-order valence-electron chi connectivity index (χ0n) is 8.95. The fraction of sp³-hybridized carbons (Fsp3) is 0.417. The molecule has 0 fully saturated rings. The Kier molecular flexibility index (Phi) is 5.37. The first-order chi connectivity index (χ1) is 7.18. The van der Waals surface area contributed by atoms with Gasteiger partial charge in [0.25, 0.3) is 0 Å². The lowest BCUT2D eigenvalue weighted by atomic mass is 10.2. The Labute approximate surface area is 95.8 Å². The van der Waals surface area contributed by atoms with Crippen LogP contribution >= 0.6 is 11.6 Å². The molecule has 0 aromatic heterocycles. The number of nitrogens with zero attached hydrogens (tertiary/aromatic N) is 1. The second-order valence-electron chi connectivity index (χ2n) is 3.68. The molecule has 0 bridgehead atoms. The van der Waals surface area contributed by atoms with Crippen molar-refractivity contribution >= 4 is 16.8 Å². The van der Waals surface area contributed by atoms with Gasteiger partial charge in [-0.1, -0.05) is 30.3 Å². The van der Waals surface area contributed by atoms with Gasteiger partial charge in [-0.05, 0) is 37.2 Å². The van der Waals surface area contributed by atoms with E-state index in [-0.39, 0.29) is 5.24 Å². The van der Waals surface area contributed by atoms with Gasteiger partial charge in [0.05, 0.1) is 0 Å². The van der Waals surface area contributed by atoms with Gasteiger partial charge in [0.15, 0.2) is 0 Å². The molecule has 1 rings (SSSR count). The molecule has 2 nitrogen and oxygen atoms in total. The number of benzene rings is 1. The van der Waals surface area contributed by atoms with Gasteiger partial charge in [-0.15, -0.1) is 0 Å². The van der Waals surface area contributed by atoms with Gasteiger partial charge in [-0.2, -0.15) is 0 Å². The van der Waals surface area contributed by atoms with Crippen LogP contribution in [-0.4, -0.2) is 23.7 Å². The first-order valence-corrected chi connectivity index (χ1v) is 5.47. The minimum atomic E-state index is -0.247. The Balaban J connectivity index is 2.24. The minimum Gasteiger partial charge on any atom is -0.302 e. The predicted molar refractivity (Wildman–Crippen MR) is 62.9 cm³/mol. The van der Waals surface area contributed by atoms with Crippen LogP contribution in [-0.2, 0) is 11.3 Å². The van der Waals surface area contributed by atoms with Crippen LogP contribution in [0.25, 0.3) is 0 Å². The zero-order chi connectivity index (χ0) is 11.1. The van der Waals surface area contributed by atoms with Crippen molar-refractivity contribution in [2.75, 3.05) is 13.6 Å². The van der Waals surface area contributed by atoms with E-state index in [1.165, 1.54) is 5.56 Å². The van der Waals surface area contributed by atoms with Crippen molar-refractivity contribution < 1.29 is 4.79 Å². The molecule has 1 aromatic rings. The van der Waals surface area contributed by atoms with Crippen molar-refractivity contribution in [1.82, 2.24) is 4.90 Å². The lowest BCUT2D eigenvalue weighted by Crippen LogP contribution is -2.19. The third-order valence-electron chi connectivity index (χ3n) is 2.21. The van der Waals surface area contributed by atoms with E-state index in [1.807, 2.05) is 25.2 Å². The van der Waals surface area contributed by atoms with Gasteiger partial charge in [-0.25, -0.2) is 0 Å². The van der Waals surface area contributed by atoms with Crippen LogP contribution in [0.15, 0.2) is 30.3 Å². The first-order valence-electron chi connectivity index (χ1n) is 5.09. The van der Waals surface area contributed by atoms with Gasteiger partial charge in [-0.3, -0.25) is 4.79 Å². The largest absolute Gasteiger partial charge is 0.302 e. The fourth-order valence-corrected chi connectivity index (χ4v) is 1.60. The third kappa shape index (κ3) is 5.55. The van der Waals surface area contributed by atoms with E-state index < -0.39 is 0 Å². The molecule has 0 N–H and O–H groups in total. The Hall–Kier alpha value is -0.860. The standard InChI is InChI=1S/C12H16ClNO/c1-14(9-5-8-12(13)15)10-11-6-3-2-4-7-11/h2-4,6-7H,5,8-10H2,1H3. The molecule has 0 atom stereocenters. The number of carbonyl (C=O) groups excluding carboxylic acids is 1. The van der Waals surface area contributed by atoms with E-state index in [0.29, 0.717) is 6.42 Å². The fourth-order valence-electron chi connectivity index (χ4n) is 1.46. The maximum absolute atomic E-state index is 10.5. The van der Waals surface area contributed by atoms with E-state index in [4.69, 9.17) is 11.6 Å². The summed E-state index contributed by atoms with van der Waals surface area (Å²) in [5.41, 5.74) is 1.29. The average Bonchev–Trinajstić information content (AvgIpc) is 2.18. The third-order valence-corrected chi connectivity index (χ3v) is 2.40. The smallest absolute Gasteiger partial charge is 0.221 e. The van der Waals surface area contributed by atoms with E-state index in [0.717, 1.165) is 19.5 Å². The first kappa shape index (κ1) is 12.2. The number of rotatable bonds is 6. The molecule has 0 heterocycles. The molecule has 0 saturated heterocycles. The highest BCUT2D eigenvalue weighted by Gasteiger charge is 2.01. The summed E-state index contributed by atoms with van der Waals surface area (Å²) >= 11 is 5.26. The van der Waals surface area contributed by atoms with Crippen LogP contribution in [0.5, 0.6) is 0 Å². The van der Waals surface area contributed by atoms with Crippen molar-refractivity contribution in [3.8, 4) is 0 Å². The van der Waals surface area contributed by atoms with Crippen molar-refractivity contribution in [2.24, 2.45) is 0 Å². The number of hydrogen-bond acceptors (Lipinski definition) is 2. The molecule has 0 spiro atoms. The molecule has 0 unspecified atom stereocenters. The Morgan fingerprint density at radius 1 is 1.33 bits per heavy atom. The molecule has 0 aliphatic heterocycles. The SMILES string of the molecule is CN(CCCC(=O)Cl)Cc1ccccc1. The molecule has 0 amide bonds. The Morgan fingerprint density at radius 2 is 2.00 bits per heavy atom. The van der Waals surface area contributed by atoms with E-state index in [1.54, 1.807) is 0 Å². The van der Waals surface area contributed by atoms with Gasteiger partial charge < -0.3 is 4.90 Å². The number of halogens is 1. The van der Waals surface area contributed by atoms with Gasteiger partial charge in [0.1, 0.15) is 0 Å². The highest BCUT2D eigenvalue weighted by Crippen LogP contribution is 2.04. The monoisotopic (exact) mass is 225 g/mol. The molecule has 0 radical (unpaired) electrons. The molecular formula is C12H16ClNO. The summed E-state index contributed by atoms with van der Waals surface area (Å²) in [5.74, 6) is 0. The summed E-state index contributed by atoms with van der Waals surface area (Å²) in [6.45, 7) is 1.81. The molecule has 15 heavy (non-hydrogen) atoms. The van der Waals surface area contributed by atoms with Crippen molar-refractivity contribution in [1.29, 1.82) is 0 Å². The Morgan fingerprint density at radius 3 is 2.60 bits per heavy atom. The highest BCUT2D eigenvalue weighted by atomic mass is 35.5. The quantitative estimate of drug-likeness (QED) is 0.694. The van der Waals surface area contributed by atoms with Crippen LogP contribution in [0.3, 0.4) is 0 Å². The normalized spacial score (nSPS) is 10.6. The van der Waals surface area contributed by atoms with Crippen molar-refractivity contribution in [3.05, 3.63) is 35.9 Å². The topological polar surface area (TPSA) is 20.3 Å². The molecule has 0 aliphatic rings. The second-order valence-corrected chi connectivity index (χ2v) is 4.10. The number of hydrogen-bond donors (Lipinski definition) is 0. The maximum Gasteiger partial charge on any atom is 0.221 e. The Bertz CT molecular complexity index is 300. The minimum absolute atomic E-state index is 0.247. The summed E-state index contributed by atoms with van der Waals surface area (Å²) in [4.78, 5) is 12.7. The summed E-state index contributed by atoms with van der Waals surface area (Å²) < 4.78 is 0. The predicted octanol–water partition coefficient (Wildman–Crippen LogP) is 2.66. The van der Waals surface area contributed by atoms with E-state index >= 15 is 0 Å². The molecule has 0 saturated carbocycles. The number of carbonyl (C=O) groups is 1. The van der Waals surface area contributed by atoms with Crippen LogP contribution < -0.4 is 0 Å². The van der Waals surface area contributed by atoms with Crippen LogP contribution in [0.4, 0.5) is 0 Å². The average molecular weight is 226 g/mol. The van der Waals surface area contributed by atoms with Gasteiger partial charge >= 0.3 is 0 Å². The highest BCUT2D eigenvalue weighted by molar-refractivity contribution is 6.63. The van der Waals surface area contributed by atoms with E-state index in [9.17, 15) is 4.79 Å². The summed E-state index contributed by atoms with van der Waals surface area (Å²) in [6, 6.07) is 10.3. The summed E-state index contributed by atoms with van der Waals surface area (Å²) in [7, 11) is 2.05. The van der Waals surface area contributed by atoms with Crippen molar-refractivity contribution in [3.63, 3.8) is 0 Å². The van der Waals surface area contributed by atoms with Crippen LogP contribution in [0.2, 0.25) is 0 Å². The summed E-state index contributed by atoms with van der Waals surface area (Å²) in [6.07, 6.45) is 1.28. The molecule has 0 aliphatic carbocycles. The lowest BCUT2D eigenvalue weighted by Gasteiger charge is -2.15. The van der Waals surface area contributed by atoms with Crippen LogP contribution in [0.1, 0.15) is 18.4 Å². The molecule has 3 heteroatoms. The maximum atomic E-state index is 10.5. The molecule has 1 aromatic carbocycles. The second kappa shape index (κ2) is 6.59. The zero-order valence-corrected chi connectivity index (χ0v) is 9.70. The lowest BCUT2D eigenvalue weighted by molar-refractivity contribution is -0.111.